The van der Waals surface area contributed by atoms with Crippen LogP contribution in [0.2, 0.25) is 0 Å². The summed E-state index contributed by atoms with van der Waals surface area (Å²) in [6, 6.07) is 0. The molecule has 0 aromatic rings. The summed E-state index contributed by atoms with van der Waals surface area (Å²) in [4.78, 5) is 22.1. The summed E-state index contributed by atoms with van der Waals surface area (Å²) in [7, 11) is 1.56. The first-order chi connectivity index (χ1) is 16.5. The molecule has 0 saturated carbocycles. The van der Waals surface area contributed by atoms with Crippen molar-refractivity contribution >= 4 is 13.6 Å². The number of aliphatic hydroxyl groups is 1. The molecule has 0 saturated heterocycles. The van der Waals surface area contributed by atoms with E-state index in [2.05, 4.69) is 31.2 Å². The lowest BCUT2D eigenvalue weighted by atomic mass is 10.1. The van der Waals surface area contributed by atoms with Crippen LogP contribution in [0.4, 0.5) is 0 Å². The molecule has 3 atom stereocenters. The van der Waals surface area contributed by atoms with E-state index < -0.39 is 19.5 Å². The van der Waals surface area contributed by atoms with Gasteiger partial charge in [-0.3, -0.25) is 9.36 Å². The first-order valence-corrected chi connectivity index (χ1v) is 15.1. The Labute approximate surface area is 214 Å². The van der Waals surface area contributed by atoms with Gasteiger partial charge in [0.15, 0.2) is 5.78 Å². The molecule has 2 N–H and O–H groups in total. The minimum absolute atomic E-state index is 0.247. The summed E-state index contributed by atoms with van der Waals surface area (Å²) >= 11 is 0. The number of unbranched alkanes of at least 4 members (excludes halogenated alkanes) is 8. The Morgan fingerprint density at radius 3 is 1.86 bits per heavy atom. The summed E-state index contributed by atoms with van der Waals surface area (Å²) in [6.07, 6.45) is 21.1. The predicted molar refractivity (Wildman–Crippen MR) is 144 cm³/mol. The van der Waals surface area contributed by atoms with E-state index in [4.69, 9.17) is 9.26 Å². The van der Waals surface area contributed by atoms with E-state index in [0.29, 0.717) is 12.8 Å². The normalized spacial score (nSPS) is 16.0. The number of ether oxygens (including phenoxy) is 1. The maximum Gasteiger partial charge on any atom is 0.385 e. The van der Waals surface area contributed by atoms with Crippen LogP contribution in [-0.2, 0) is 18.6 Å². The highest BCUT2D eigenvalue weighted by atomic mass is 31.2. The molecular formula is C27H53NO6P+. The van der Waals surface area contributed by atoms with Crippen LogP contribution in [0, 0.1) is 0 Å². The Morgan fingerprint density at radius 1 is 0.857 bits per heavy atom. The molecule has 7 nitrogen and oxygen atoms in total. The molecule has 0 aliphatic heterocycles. The summed E-state index contributed by atoms with van der Waals surface area (Å²) in [5.41, 5.74) is 0. The maximum atomic E-state index is 12.5. The van der Waals surface area contributed by atoms with Gasteiger partial charge in [0.05, 0.1) is 27.7 Å². The second-order valence-corrected chi connectivity index (χ2v) is 12.2. The number of quaternary nitrogens is 1. The average molecular weight is 519 g/mol. The zero-order valence-corrected chi connectivity index (χ0v) is 23.9. The highest BCUT2D eigenvalue weighted by Crippen LogP contribution is 2.51. The van der Waals surface area contributed by atoms with Crippen molar-refractivity contribution in [2.24, 2.45) is 0 Å². The highest BCUT2D eigenvalue weighted by molar-refractivity contribution is 7.53. The average Bonchev–Trinajstić information content (AvgIpc) is 2.78. The number of hydrogen-bond acceptors (Lipinski definition) is 5. The zero-order chi connectivity index (χ0) is 26.6. The molecule has 0 aromatic carbocycles. The van der Waals surface area contributed by atoms with E-state index in [1.54, 1.807) is 0 Å². The van der Waals surface area contributed by atoms with Crippen molar-refractivity contribution in [3.8, 4) is 0 Å². The molecule has 35 heavy (non-hydrogen) atoms. The minimum atomic E-state index is -3.91. The van der Waals surface area contributed by atoms with Gasteiger partial charge in [-0.2, -0.15) is 0 Å². The fraction of sp³-hybridized carbons (Fsp3) is 0.815. The molecule has 0 amide bonds. The molecule has 2 unspecified atom stereocenters. The van der Waals surface area contributed by atoms with Gasteiger partial charge in [-0.05, 0) is 51.4 Å². The van der Waals surface area contributed by atoms with Crippen LogP contribution < -0.4 is 0 Å². The van der Waals surface area contributed by atoms with Crippen molar-refractivity contribution in [3.05, 3.63) is 24.3 Å². The Hall–Kier alpha value is -0.980. The highest BCUT2D eigenvalue weighted by Gasteiger charge is 2.41. The topological polar surface area (TPSA) is 93.1 Å². The number of rotatable bonds is 22. The lowest BCUT2D eigenvalue weighted by Gasteiger charge is -2.35. The number of carbonyl (C=O) groups is 1. The number of esters is 1. The van der Waals surface area contributed by atoms with Crippen LogP contribution in [-0.4, -0.2) is 66.7 Å². The third-order valence-corrected chi connectivity index (χ3v) is 8.16. The molecule has 8 heteroatoms. The second kappa shape index (κ2) is 20.1. The second-order valence-electron chi connectivity index (χ2n) is 10.2. The van der Waals surface area contributed by atoms with E-state index in [9.17, 15) is 19.4 Å². The third-order valence-electron chi connectivity index (χ3n) is 5.83. The van der Waals surface area contributed by atoms with Crippen LogP contribution >= 0.6 is 7.60 Å². The van der Waals surface area contributed by atoms with E-state index in [0.717, 1.165) is 19.3 Å². The lowest BCUT2D eigenvalue weighted by Crippen LogP contribution is -2.45. The van der Waals surface area contributed by atoms with Gasteiger partial charge in [0.25, 0.3) is 0 Å². The lowest BCUT2D eigenvalue weighted by molar-refractivity contribution is -0.883. The molecule has 0 rings (SSSR count). The van der Waals surface area contributed by atoms with Crippen molar-refractivity contribution < 1.29 is 33.1 Å². The Morgan fingerprint density at radius 2 is 1.37 bits per heavy atom. The summed E-state index contributed by atoms with van der Waals surface area (Å²) < 4.78 is 23.0. The summed E-state index contributed by atoms with van der Waals surface area (Å²) in [5, 5.41) is 9.97. The summed E-state index contributed by atoms with van der Waals surface area (Å²) in [5.74, 6) is -0.976. The molecule has 0 radical (unpaired) electrons. The molecule has 0 aromatic heterocycles. The molecule has 0 heterocycles. The Bertz CT molecular complexity index is 644. The number of nitrogens with zero attached hydrogens (tertiary/aromatic N) is 1. The third kappa shape index (κ3) is 18.9. The number of allylic oxidation sites excluding steroid dienone is 4. The predicted octanol–water partition coefficient (Wildman–Crippen LogP) is 6.35. The maximum absolute atomic E-state index is 12.5. The van der Waals surface area contributed by atoms with Crippen LogP contribution in [0.1, 0.15) is 97.3 Å². The molecule has 0 aliphatic carbocycles. The van der Waals surface area contributed by atoms with Gasteiger partial charge in [-0.1, -0.05) is 57.4 Å². The zero-order valence-electron chi connectivity index (χ0n) is 23.0. The van der Waals surface area contributed by atoms with Gasteiger partial charge >= 0.3 is 13.6 Å². The summed E-state index contributed by atoms with van der Waals surface area (Å²) in [6.45, 7) is 3.46. The molecule has 0 aliphatic rings. The smallest absolute Gasteiger partial charge is 0.385 e. The van der Waals surface area contributed by atoms with Crippen LogP contribution in [0.25, 0.3) is 0 Å². The van der Waals surface area contributed by atoms with E-state index in [-0.39, 0.29) is 30.1 Å². The fourth-order valence-electron chi connectivity index (χ4n) is 3.85. The minimum Gasteiger partial charge on any atom is -0.463 e. The van der Waals surface area contributed by atoms with Crippen LogP contribution in [0.3, 0.4) is 0 Å². The van der Waals surface area contributed by atoms with Crippen molar-refractivity contribution in [2.75, 3.05) is 34.4 Å². The molecule has 0 spiro atoms. The number of hydrogen-bond donors (Lipinski definition) is 2. The molecule has 0 fully saturated rings. The van der Waals surface area contributed by atoms with Crippen molar-refractivity contribution in [2.45, 2.75) is 109 Å². The van der Waals surface area contributed by atoms with Gasteiger partial charge < -0.3 is 23.7 Å². The quantitative estimate of drug-likeness (QED) is 0.0570. The van der Waals surface area contributed by atoms with Crippen molar-refractivity contribution in [1.82, 2.24) is 0 Å². The number of carbonyl (C=O) groups excluding carboxylic acids is 1. The van der Waals surface area contributed by atoms with Crippen molar-refractivity contribution in [1.29, 1.82) is 0 Å². The van der Waals surface area contributed by atoms with E-state index in [1.807, 2.05) is 28.1 Å². The number of aliphatic hydroxyl groups excluding tert-OH is 1. The van der Waals surface area contributed by atoms with Gasteiger partial charge in [-0.25, -0.2) is 0 Å². The van der Waals surface area contributed by atoms with Gasteiger partial charge in [0.1, 0.15) is 12.7 Å². The van der Waals surface area contributed by atoms with Crippen LogP contribution in [0.5, 0.6) is 0 Å². The Balaban J connectivity index is 3.81. The first-order valence-electron chi connectivity index (χ1n) is 13.5. The van der Waals surface area contributed by atoms with Gasteiger partial charge in [0, 0.05) is 12.8 Å². The fourth-order valence-corrected chi connectivity index (χ4v) is 5.75. The Kier molecular flexibility index (Phi) is 19.6. The van der Waals surface area contributed by atoms with Crippen molar-refractivity contribution in [3.63, 3.8) is 0 Å². The van der Waals surface area contributed by atoms with E-state index in [1.165, 1.54) is 44.9 Å². The molecule has 206 valence electrons. The van der Waals surface area contributed by atoms with Crippen LogP contribution in [0.15, 0.2) is 24.3 Å². The van der Waals surface area contributed by atoms with Gasteiger partial charge in [0.2, 0.25) is 0 Å². The molecule has 0 bridgehead atoms. The van der Waals surface area contributed by atoms with Gasteiger partial charge in [-0.15, -0.1) is 0 Å². The standard InChI is InChI=1S/C27H52NO6P/c1-6-8-9-10-11-12-13-14-15-16-17-18-19-20-21-22-27(30)33-23-25(29)24-34-35(31,32)26(7-2)28(3,4)5/h12-13,18-19,25-26,29H,6-11,14-17,20-24H2,1-5H3/p+1/b13-12-,19-18-/t25-,26?/m1/s1. The first kappa shape index (κ1) is 34.0. The van der Waals surface area contributed by atoms with E-state index >= 15 is 0 Å². The SMILES string of the molecule is CCCCCC/C=C\CCCC/C=C\CCCC(=O)OC[C@@H](O)COP(=O)(O)C(CC)[N+](C)(C)C. The molecular weight excluding hydrogens is 465 g/mol. The monoisotopic (exact) mass is 518 g/mol. The largest absolute Gasteiger partial charge is 0.463 e.